The Labute approximate surface area is 200 Å². The molecule has 0 aromatic heterocycles. The number of hydrogen-bond acceptors (Lipinski definition) is 5. The first-order chi connectivity index (χ1) is 15.6. The number of nitrogens with one attached hydrogen (secondary N) is 1. The predicted octanol–water partition coefficient (Wildman–Crippen LogP) is 3.79. The Balaban J connectivity index is 1.65. The van der Waals surface area contributed by atoms with E-state index in [1.807, 2.05) is 30.5 Å². The average Bonchev–Trinajstić information content (AvgIpc) is 2.78. The third kappa shape index (κ3) is 6.16. The number of carbonyl (C=O) groups is 2. The van der Waals surface area contributed by atoms with Crippen molar-refractivity contribution in [3.8, 4) is 0 Å². The molecule has 1 heterocycles. The summed E-state index contributed by atoms with van der Waals surface area (Å²) in [7, 11) is -2.06. The summed E-state index contributed by atoms with van der Waals surface area (Å²) in [5.41, 5.74) is 1.03. The standard InChI is InChI=1S/C24H31N3O4S2/c1-17-13-18(2)15-27(14-17)33(30,31)20-11-9-19(10-12-20)24(29)26(3)16-23(28)25-21-7-5-6-8-22(21)32-4/h5-12,17-18H,13-16H2,1-4H3,(H,25,28). The van der Waals surface area contributed by atoms with E-state index in [4.69, 9.17) is 0 Å². The van der Waals surface area contributed by atoms with Gasteiger partial charge in [0.1, 0.15) is 0 Å². The van der Waals surface area contributed by atoms with Gasteiger partial charge in [-0.15, -0.1) is 11.8 Å². The molecule has 2 unspecified atom stereocenters. The molecule has 1 aliphatic heterocycles. The summed E-state index contributed by atoms with van der Waals surface area (Å²) in [6, 6.07) is 13.4. The van der Waals surface area contributed by atoms with E-state index in [1.54, 1.807) is 7.05 Å². The lowest BCUT2D eigenvalue weighted by Gasteiger charge is -2.34. The molecular weight excluding hydrogens is 458 g/mol. The minimum Gasteiger partial charge on any atom is -0.332 e. The Morgan fingerprint density at radius 1 is 1.06 bits per heavy atom. The van der Waals surface area contributed by atoms with Crippen LogP contribution in [0.25, 0.3) is 0 Å². The van der Waals surface area contributed by atoms with Crippen LogP contribution in [0.15, 0.2) is 58.3 Å². The minimum atomic E-state index is -3.61. The van der Waals surface area contributed by atoms with Crippen molar-refractivity contribution < 1.29 is 18.0 Å². The molecule has 0 spiro atoms. The fourth-order valence-electron chi connectivity index (χ4n) is 4.17. The van der Waals surface area contributed by atoms with Crippen LogP contribution in [0.1, 0.15) is 30.6 Å². The molecule has 33 heavy (non-hydrogen) atoms. The molecule has 1 aliphatic rings. The van der Waals surface area contributed by atoms with Crippen LogP contribution in [0.2, 0.25) is 0 Å². The molecule has 0 aliphatic carbocycles. The highest BCUT2D eigenvalue weighted by Crippen LogP contribution is 2.27. The van der Waals surface area contributed by atoms with E-state index in [9.17, 15) is 18.0 Å². The van der Waals surface area contributed by atoms with E-state index < -0.39 is 10.0 Å². The molecule has 9 heteroatoms. The minimum absolute atomic E-state index is 0.120. The zero-order chi connectivity index (χ0) is 24.2. The van der Waals surface area contributed by atoms with Gasteiger partial charge in [0.15, 0.2) is 0 Å². The highest BCUT2D eigenvalue weighted by atomic mass is 32.2. The Hall–Kier alpha value is -2.36. The summed E-state index contributed by atoms with van der Waals surface area (Å²) in [5.74, 6) is -0.0357. The Kier molecular flexibility index (Phi) is 8.20. The van der Waals surface area contributed by atoms with Crippen molar-refractivity contribution in [2.75, 3.05) is 38.3 Å². The molecule has 0 radical (unpaired) electrons. The van der Waals surface area contributed by atoms with Gasteiger partial charge in [-0.1, -0.05) is 26.0 Å². The molecule has 2 aromatic rings. The lowest BCUT2D eigenvalue weighted by Crippen LogP contribution is -2.42. The van der Waals surface area contributed by atoms with Gasteiger partial charge < -0.3 is 10.2 Å². The molecule has 2 amide bonds. The molecule has 0 bridgehead atoms. The van der Waals surface area contributed by atoms with Crippen LogP contribution in [0.4, 0.5) is 5.69 Å². The number of hydrogen-bond donors (Lipinski definition) is 1. The first-order valence-electron chi connectivity index (χ1n) is 10.9. The normalized spacial score (nSPS) is 19.2. The molecule has 1 saturated heterocycles. The average molecular weight is 490 g/mol. The van der Waals surface area contributed by atoms with Crippen LogP contribution in [-0.2, 0) is 14.8 Å². The van der Waals surface area contributed by atoms with Gasteiger partial charge in [-0.2, -0.15) is 4.31 Å². The molecule has 2 aromatic carbocycles. The number of sulfonamides is 1. The van der Waals surface area contributed by atoms with Gasteiger partial charge in [-0.25, -0.2) is 8.42 Å². The number of nitrogens with zero attached hydrogens (tertiary/aromatic N) is 2. The lowest BCUT2D eigenvalue weighted by molar-refractivity contribution is -0.116. The van der Waals surface area contributed by atoms with Crippen molar-refractivity contribution in [3.63, 3.8) is 0 Å². The van der Waals surface area contributed by atoms with Gasteiger partial charge in [-0.3, -0.25) is 9.59 Å². The van der Waals surface area contributed by atoms with Crippen molar-refractivity contribution in [3.05, 3.63) is 54.1 Å². The van der Waals surface area contributed by atoms with Crippen molar-refractivity contribution in [1.82, 2.24) is 9.21 Å². The van der Waals surface area contributed by atoms with E-state index in [-0.39, 0.29) is 23.3 Å². The monoisotopic (exact) mass is 489 g/mol. The smallest absolute Gasteiger partial charge is 0.254 e. The molecule has 178 valence electrons. The van der Waals surface area contributed by atoms with Gasteiger partial charge in [0, 0.05) is 30.6 Å². The quantitative estimate of drug-likeness (QED) is 0.598. The number of likely N-dealkylation sites (N-methyl/N-ethyl adjacent to an activating group) is 1. The number of amides is 2. The molecule has 1 N–H and O–H groups in total. The number of para-hydroxylation sites is 1. The van der Waals surface area contributed by atoms with Crippen LogP contribution in [-0.4, -0.2) is 62.4 Å². The van der Waals surface area contributed by atoms with Gasteiger partial charge >= 0.3 is 0 Å². The zero-order valence-corrected chi connectivity index (χ0v) is 21.1. The van der Waals surface area contributed by atoms with Gasteiger partial charge in [0.25, 0.3) is 5.91 Å². The first-order valence-corrected chi connectivity index (χ1v) is 13.6. The second kappa shape index (κ2) is 10.7. The van der Waals surface area contributed by atoms with Gasteiger partial charge in [-0.05, 0) is 60.9 Å². The Morgan fingerprint density at radius 3 is 2.27 bits per heavy atom. The summed E-state index contributed by atoms with van der Waals surface area (Å²) >= 11 is 1.53. The summed E-state index contributed by atoms with van der Waals surface area (Å²) in [5, 5.41) is 2.83. The van der Waals surface area contributed by atoms with Crippen LogP contribution in [0.3, 0.4) is 0 Å². The largest absolute Gasteiger partial charge is 0.332 e. The van der Waals surface area contributed by atoms with Crippen LogP contribution in [0, 0.1) is 11.8 Å². The van der Waals surface area contributed by atoms with Crippen molar-refractivity contribution in [2.45, 2.75) is 30.1 Å². The van der Waals surface area contributed by atoms with E-state index in [0.717, 1.165) is 11.3 Å². The van der Waals surface area contributed by atoms with E-state index in [2.05, 4.69) is 19.2 Å². The fraction of sp³-hybridized carbons (Fsp3) is 0.417. The number of rotatable bonds is 7. The van der Waals surface area contributed by atoms with Crippen LogP contribution < -0.4 is 5.32 Å². The number of anilines is 1. The molecule has 7 nitrogen and oxygen atoms in total. The van der Waals surface area contributed by atoms with Crippen LogP contribution >= 0.6 is 11.8 Å². The maximum atomic E-state index is 13.0. The van der Waals surface area contributed by atoms with E-state index in [0.29, 0.717) is 36.2 Å². The highest BCUT2D eigenvalue weighted by Gasteiger charge is 2.31. The number of benzene rings is 2. The van der Waals surface area contributed by atoms with E-state index >= 15 is 0 Å². The maximum Gasteiger partial charge on any atom is 0.254 e. The summed E-state index contributed by atoms with van der Waals surface area (Å²) in [6.45, 7) is 5.01. The van der Waals surface area contributed by atoms with Gasteiger partial charge in [0.2, 0.25) is 15.9 Å². The zero-order valence-electron chi connectivity index (χ0n) is 19.4. The second-order valence-corrected chi connectivity index (χ2v) is 11.5. The molecular formula is C24H31N3O4S2. The number of carbonyl (C=O) groups excluding carboxylic acids is 2. The number of piperidine rings is 1. The molecule has 3 rings (SSSR count). The second-order valence-electron chi connectivity index (χ2n) is 8.70. The maximum absolute atomic E-state index is 13.0. The summed E-state index contributed by atoms with van der Waals surface area (Å²) < 4.78 is 27.6. The molecule has 2 atom stereocenters. The highest BCUT2D eigenvalue weighted by molar-refractivity contribution is 7.98. The van der Waals surface area contributed by atoms with Crippen molar-refractivity contribution in [1.29, 1.82) is 0 Å². The Morgan fingerprint density at radius 2 is 1.67 bits per heavy atom. The van der Waals surface area contributed by atoms with Gasteiger partial charge in [0.05, 0.1) is 17.1 Å². The first kappa shape index (κ1) is 25.3. The van der Waals surface area contributed by atoms with Crippen molar-refractivity contribution >= 4 is 39.3 Å². The fourth-order valence-corrected chi connectivity index (χ4v) is 6.40. The number of thioether (sulfide) groups is 1. The topological polar surface area (TPSA) is 86.8 Å². The summed E-state index contributed by atoms with van der Waals surface area (Å²) in [6.07, 6.45) is 2.94. The molecule has 0 saturated carbocycles. The lowest BCUT2D eigenvalue weighted by atomic mass is 9.94. The van der Waals surface area contributed by atoms with Crippen molar-refractivity contribution in [2.24, 2.45) is 11.8 Å². The summed E-state index contributed by atoms with van der Waals surface area (Å²) in [4.78, 5) is 27.7. The van der Waals surface area contributed by atoms with Crippen LogP contribution in [0.5, 0.6) is 0 Å². The predicted molar refractivity (Wildman–Crippen MR) is 132 cm³/mol. The third-order valence-electron chi connectivity index (χ3n) is 5.68. The Bertz CT molecular complexity index is 1090. The third-order valence-corrected chi connectivity index (χ3v) is 8.32. The SMILES string of the molecule is CSc1ccccc1NC(=O)CN(C)C(=O)c1ccc(S(=O)(=O)N2CC(C)CC(C)C2)cc1. The van der Waals surface area contributed by atoms with E-state index in [1.165, 1.54) is 45.2 Å². The molecule has 1 fully saturated rings.